The highest BCUT2D eigenvalue weighted by Gasteiger charge is 2.31. The minimum absolute atomic E-state index is 0.134. The molecule has 26 heavy (non-hydrogen) atoms. The normalized spacial score (nSPS) is 14.7. The van der Waals surface area contributed by atoms with Gasteiger partial charge in [-0.1, -0.05) is 20.3 Å². The molecule has 0 aromatic carbocycles. The molecule has 0 rings (SSSR count). The molecule has 4 N–H and O–H groups in total. The Morgan fingerprint density at radius 3 is 2.19 bits per heavy atom. The van der Waals surface area contributed by atoms with Crippen LogP contribution in [0.25, 0.3) is 0 Å². The van der Waals surface area contributed by atoms with Crippen molar-refractivity contribution < 1.29 is 23.9 Å². The van der Waals surface area contributed by atoms with E-state index in [9.17, 15) is 14.4 Å². The van der Waals surface area contributed by atoms with Crippen molar-refractivity contribution in [1.29, 1.82) is 0 Å². The van der Waals surface area contributed by atoms with E-state index in [1.54, 1.807) is 20.8 Å². The Labute approximate surface area is 156 Å². The number of hydrogen-bond acceptors (Lipinski definition) is 6. The topological polar surface area (TPSA) is 120 Å². The van der Waals surface area contributed by atoms with E-state index in [0.29, 0.717) is 25.8 Å². The summed E-state index contributed by atoms with van der Waals surface area (Å²) in [5.74, 6) is -1.09. The van der Waals surface area contributed by atoms with Gasteiger partial charge in [-0.25, -0.2) is 9.59 Å². The third kappa shape index (κ3) is 9.60. The first-order valence-corrected chi connectivity index (χ1v) is 9.13. The van der Waals surface area contributed by atoms with Gasteiger partial charge in [-0.3, -0.25) is 4.79 Å². The van der Waals surface area contributed by atoms with Gasteiger partial charge in [-0.05, 0) is 52.5 Å². The van der Waals surface area contributed by atoms with Crippen molar-refractivity contribution in [2.45, 2.75) is 78.0 Å². The van der Waals surface area contributed by atoms with Crippen molar-refractivity contribution in [1.82, 2.24) is 10.6 Å². The molecule has 0 aromatic rings. The van der Waals surface area contributed by atoms with E-state index >= 15 is 0 Å². The first kappa shape index (κ1) is 24.2. The maximum absolute atomic E-state index is 12.7. The maximum atomic E-state index is 12.7. The van der Waals surface area contributed by atoms with Crippen molar-refractivity contribution in [3.63, 3.8) is 0 Å². The smallest absolute Gasteiger partial charge is 0.408 e. The minimum Gasteiger partial charge on any atom is -0.467 e. The molecule has 0 aromatic heterocycles. The Morgan fingerprint density at radius 2 is 1.73 bits per heavy atom. The summed E-state index contributed by atoms with van der Waals surface area (Å²) >= 11 is 0. The van der Waals surface area contributed by atoms with Crippen LogP contribution in [0.15, 0.2) is 0 Å². The van der Waals surface area contributed by atoms with Gasteiger partial charge in [0.25, 0.3) is 0 Å². The molecule has 0 radical (unpaired) electrons. The third-order valence-corrected chi connectivity index (χ3v) is 3.92. The number of carbonyl (C=O) groups is 3. The number of amides is 2. The second-order valence-corrected chi connectivity index (χ2v) is 7.38. The van der Waals surface area contributed by atoms with E-state index in [2.05, 4.69) is 10.6 Å². The average Bonchev–Trinajstić information content (AvgIpc) is 2.55. The number of alkyl carbamates (subject to hydrolysis) is 1. The predicted molar refractivity (Wildman–Crippen MR) is 99.5 cm³/mol. The molecule has 0 bridgehead atoms. The highest BCUT2D eigenvalue weighted by atomic mass is 16.6. The number of rotatable bonds is 10. The summed E-state index contributed by atoms with van der Waals surface area (Å²) in [7, 11) is 1.27. The zero-order valence-corrected chi connectivity index (χ0v) is 16.9. The number of nitrogens with one attached hydrogen (secondary N) is 2. The zero-order valence-electron chi connectivity index (χ0n) is 16.9. The molecule has 0 aliphatic carbocycles. The first-order valence-electron chi connectivity index (χ1n) is 9.13. The average molecular weight is 373 g/mol. The van der Waals surface area contributed by atoms with Crippen LogP contribution in [-0.2, 0) is 19.1 Å². The molecule has 0 aliphatic heterocycles. The largest absolute Gasteiger partial charge is 0.467 e. The molecule has 2 amide bonds. The van der Waals surface area contributed by atoms with Crippen molar-refractivity contribution >= 4 is 18.0 Å². The van der Waals surface area contributed by atoms with Crippen LogP contribution in [0.3, 0.4) is 0 Å². The van der Waals surface area contributed by atoms with Crippen LogP contribution in [0.1, 0.15) is 60.3 Å². The number of hydrogen-bond donors (Lipinski definition) is 3. The molecule has 0 aliphatic rings. The van der Waals surface area contributed by atoms with E-state index in [1.807, 2.05) is 13.8 Å². The van der Waals surface area contributed by atoms with E-state index in [-0.39, 0.29) is 5.92 Å². The van der Waals surface area contributed by atoms with Gasteiger partial charge in [-0.2, -0.15) is 0 Å². The van der Waals surface area contributed by atoms with Crippen LogP contribution in [0, 0.1) is 5.92 Å². The summed E-state index contributed by atoms with van der Waals surface area (Å²) in [5, 5.41) is 5.29. The number of nitrogens with two attached hydrogens (primary N) is 1. The lowest BCUT2D eigenvalue weighted by atomic mass is 9.97. The summed E-state index contributed by atoms with van der Waals surface area (Å²) in [6.07, 6.45) is 1.85. The molecule has 8 heteroatoms. The van der Waals surface area contributed by atoms with Gasteiger partial charge in [0.15, 0.2) is 0 Å². The minimum atomic E-state index is -0.809. The van der Waals surface area contributed by atoms with Crippen molar-refractivity contribution in [3.8, 4) is 0 Å². The van der Waals surface area contributed by atoms with E-state index < -0.39 is 35.7 Å². The van der Waals surface area contributed by atoms with Gasteiger partial charge in [0.05, 0.1) is 7.11 Å². The number of methoxy groups -OCH3 is 1. The summed E-state index contributed by atoms with van der Waals surface area (Å²) in [6.45, 7) is 9.52. The number of carbonyl (C=O) groups excluding carboxylic acids is 3. The lowest BCUT2D eigenvalue weighted by Crippen LogP contribution is -2.54. The van der Waals surface area contributed by atoms with Crippen molar-refractivity contribution in [3.05, 3.63) is 0 Å². The standard InChI is InChI=1S/C18H35N3O5/c1-7-12(2)14(21-17(24)26-18(3,4)5)15(22)20-13(16(23)25-6)10-8-9-11-19/h12-14H,7-11,19H2,1-6H3,(H,20,22)(H,21,24). The molecule has 0 saturated carbocycles. The number of unbranched alkanes of at least 4 members (excludes halogenated alkanes) is 1. The lowest BCUT2D eigenvalue weighted by Gasteiger charge is -2.27. The Balaban J connectivity index is 5.07. The summed E-state index contributed by atoms with van der Waals surface area (Å²) in [4.78, 5) is 36.7. The van der Waals surface area contributed by atoms with Crippen LogP contribution in [0.2, 0.25) is 0 Å². The monoisotopic (exact) mass is 373 g/mol. The van der Waals surface area contributed by atoms with Gasteiger partial charge < -0.3 is 25.8 Å². The fourth-order valence-electron chi connectivity index (χ4n) is 2.28. The number of esters is 1. The highest BCUT2D eigenvalue weighted by Crippen LogP contribution is 2.12. The van der Waals surface area contributed by atoms with Gasteiger partial charge in [0, 0.05) is 0 Å². The highest BCUT2D eigenvalue weighted by molar-refractivity contribution is 5.89. The molecule has 0 heterocycles. The molecule has 0 fully saturated rings. The molecule has 8 nitrogen and oxygen atoms in total. The summed E-state index contributed by atoms with van der Waals surface area (Å²) in [6, 6.07) is -1.58. The summed E-state index contributed by atoms with van der Waals surface area (Å²) < 4.78 is 9.99. The van der Waals surface area contributed by atoms with Crippen molar-refractivity contribution in [2.24, 2.45) is 11.7 Å². The van der Waals surface area contributed by atoms with Gasteiger partial charge >= 0.3 is 12.1 Å². The van der Waals surface area contributed by atoms with E-state index in [0.717, 1.165) is 6.42 Å². The van der Waals surface area contributed by atoms with Crippen LogP contribution in [-0.4, -0.2) is 49.3 Å². The lowest BCUT2D eigenvalue weighted by molar-refractivity contribution is -0.145. The van der Waals surface area contributed by atoms with E-state index in [4.69, 9.17) is 15.2 Å². The van der Waals surface area contributed by atoms with Crippen LogP contribution >= 0.6 is 0 Å². The molecule has 3 unspecified atom stereocenters. The molecule has 0 saturated heterocycles. The molecule has 152 valence electrons. The van der Waals surface area contributed by atoms with Gasteiger partial charge in [-0.15, -0.1) is 0 Å². The third-order valence-electron chi connectivity index (χ3n) is 3.92. The molecule has 0 spiro atoms. The second-order valence-electron chi connectivity index (χ2n) is 7.38. The predicted octanol–water partition coefficient (Wildman–Crippen LogP) is 1.71. The van der Waals surface area contributed by atoms with Crippen LogP contribution in [0.5, 0.6) is 0 Å². The van der Waals surface area contributed by atoms with E-state index in [1.165, 1.54) is 7.11 Å². The van der Waals surface area contributed by atoms with Crippen molar-refractivity contribution in [2.75, 3.05) is 13.7 Å². The Hall–Kier alpha value is -1.83. The van der Waals surface area contributed by atoms with Crippen LogP contribution in [0.4, 0.5) is 4.79 Å². The molecular weight excluding hydrogens is 338 g/mol. The second kappa shape index (κ2) is 11.7. The fourth-order valence-corrected chi connectivity index (χ4v) is 2.28. The Morgan fingerprint density at radius 1 is 1.12 bits per heavy atom. The first-order chi connectivity index (χ1) is 12.1. The quantitative estimate of drug-likeness (QED) is 0.396. The maximum Gasteiger partial charge on any atom is 0.408 e. The number of ether oxygens (including phenoxy) is 2. The van der Waals surface area contributed by atoms with Gasteiger partial charge in [0.1, 0.15) is 17.7 Å². The molecular formula is C18H35N3O5. The zero-order chi connectivity index (χ0) is 20.3. The SMILES string of the molecule is CCC(C)C(NC(=O)OC(C)(C)C)C(=O)NC(CCCCN)C(=O)OC. The van der Waals surface area contributed by atoms with Crippen LogP contribution < -0.4 is 16.4 Å². The molecule has 3 atom stereocenters. The Kier molecular flexibility index (Phi) is 10.9. The fraction of sp³-hybridized carbons (Fsp3) is 0.833. The van der Waals surface area contributed by atoms with Gasteiger partial charge in [0.2, 0.25) is 5.91 Å². The summed E-state index contributed by atoms with van der Waals surface area (Å²) in [5.41, 5.74) is 4.80. The Bertz CT molecular complexity index is 462.